The van der Waals surface area contributed by atoms with Crippen LogP contribution in [0.5, 0.6) is 0 Å². The Labute approximate surface area is 47.2 Å². The van der Waals surface area contributed by atoms with Gasteiger partial charge in [-0.2, -0.15) is 0 Å². The van der Waals surface area contributed by atoms with Gasteiger partial charge in [-0.15, -0.1) is 0 Å². The van der Waals surface area contributed by atoms with Crippen LogP contribution in [0.4, 0.5) is 0 Å². The second kappa shape index (κ2) is 34.6. The molecule has 0 bridgehead atoms. The first kappa shape index (κ1) is 76.3. The van der Waals surface area contributed by atoms with Crippen LogP contribution in [0.3, 0.4) is 0 Å². The van der Waals surface area contributed by atoms with Gasteiger partial charge in [0, 0.05) is 17.1 Å². The van der Waals surface area contributed by atoms with Gasteiger partial charge in [0.05, 0.1) is 0 Å². The van der Waals surface area contributed by atoms with Crippen LogP contribution in [0.1, 0.15) is 0 Å². The number of rotatable bonds is 0. The van der Waals surface area contributed by atoms with Crippen molar-refractivity contribution in [2.45, 2.75) is 0 Å². The van der Waals surface area contributed by atoms with Crippen LogP contribution >= 0.6 is 0 Å². The van der Waals surface area contributed by atoms with Crippen molar-refractivity contribution >= 4 is 18.9 Å². The van der Waals surface area contributed by atoms with Crippen molar-refractivity contribution in [2.75, 3.05) is 0 Å². The third-order valence-electron chi connectivity index (χ3n) is 0. The zero-order chi connectivity index (χ0) is 0. The summed E-state index contributed by atoms with van der Waals surface area (Å²) in [7, 11) is 0. The van der Waals surface area contributed by atoms with Crippen LogP contribution in [0, 0.1) is 0 Å². The molecule has 0 aliphatic heterocycles. The molecule has 0 saturated heterocycles. The molecule has 4 heteroatoms. The summed E-state index contributed by atoms with van der Waals surface area (Å²) in [5, 5.41) is 0. The van der Waals surface area contributed by atoms with Gasteiger partial charge < -0.3 is 11.0 Å². The molecule has 0 aromatic carbocycles. The third-order valence-corrected chi connectivity index (χ3v) is 0. The molecule has 0 heterocycles. The first-order valence-electron chi connectivity index (χ1n) is 0. The summed E-state index contributed by atoms with van der Waals surface area (Å²) in [5.41, 5.74) is 0. The SMILES string of the molecule is O.O.[Fe].[LiH]. The summed E-state index contributed by atoms with van der Waals surface area (Å²) in [6.07, 6.45) is 0. The summed E-state index contributed by atoms with van der Waals surface area (Å²) in [4.78, 5) is 0. The maximum atomic E-state index is 0. The van der Waals surface area contributed by atoms with Crippen molar-refractivity contribution in [3.8, 4) is 0 Å². The van der Waals surface area contributed by atoms with E-state index in [1.54, 1.807) is 0 Å². The van der Waals surface area contributed by atoms with Gasteiger partial charge in [-0.25, -0.2) is 0 Å². The van der Waals surface area contributed by atoms with E-state index in [1.807, 2.05) is 0 Å². The molecule has 0 saturated carbocycles. The van der Waals surface area contributed by atoms with E-state index in [0.29, 0.717) is 0 Å². The fourth-order valence-electron chi connectivity index (χ4n) is 0. The molecule has 0 fully saturated rings. The second-order valence-electron chi connectivity index (χ2n) is 0. The molecule has 0 aromatic rings. The molecule has 0 aliphatic carbocycles. The summed E-state index contributed by atoms with van der Waals surface area (Å²) >= 11 is 0. The first-order chi connectivity index (χ1) is 0. The minimum absolute atomic E-state index is 0. The van der Waals surface area contributed by atoms with Crippen LogP contribution in [0.2, 0.25) is 0 Å². The number of hydrogen-bond donors (Lipinski definition) is 0. The van der Waals surface area contributed by atoms with Crippen LogP contribution in [0.15, 0.2) is 0 Å². The number of hydrogen-bond acceptors (Lipinski definition) is 0. The van der Waals surface area contributed by atoms with Gasteiger partial charge >= 0.3 is 18.9 Å². The molecule has 4 N–H and O–H groups in total. The Bertz CT molecular complexity index is 6.00. The molecular weight excluding hydrogens is 94.8 g/mol. The second-order valence-corrected chi connectivity index (χ2v) is 0. The molecule has 0 unspecified atom stereocenters. The molecule has 0 amide bonds. The van der Waals surface area contributed by atoms with Gasteiger partial charge in [-0.1, -0.05) is 0 Å². The minimum atomic E-state index is 0. The molecule has 0 aliphatic rings. The zero-order valence-electron chi connectivity index (χ0n) is 1.35. The van der Waals surface area contributed by atoms with E-state index in [1.165, 1.54) is 0 Å². The van der Waals surface area contributed by atoms with Crippen molar-refractivity contribution in [3.05, 3.63) is 0 Å². The van der Waals surface area contributed by atoms with Crippen molar-refractivity contribution in [1.29, 1.82) is 0 Å². The van der Waals surface area contributed by atoms with Crippen LogP contribution in [-0.2, 0) is 17.1 Å². The van der Waals surface area contributed by atoms with Crippen LogP contribution in [0.25, 0.3) is 0 Å². The standard InChI is InChI=1S/Fe.Li.2H2O.H/h;;2*1H2;. The molecule has 0 radical (unpaired) electrons. The Balaban J connectivity index is 0. The quantitative estimate of drug-likeness (QED) is 0.307. The Morgan fingerprint density at radius 1 is 0.750 bits per heavy atom. The predicted octanol–water partition coefficient (Wildman–Crippen LogP) is -2.30. The van der Waals surface area contributed by atoms with Gasteiger partial charge in [0.2, 0.25) is 0 Å². The normalized spacial score (nSPS) is 0. The Kier molecular flexibility index (Phi) is 661. The van der Waals surface area contributed by atoms with Crippen LogP contribution < -0.4 is 0 Å². The average Bonchev–Trinajstić information content (AvgIpc) is 0. The van der Waals surface area contributed by atoms with Crippen molar-refractivity contribution in [3.63, 3.8) is 0 Å². The van der Waals surface area contributed by atoms with E-state index < -0.39 is 0 Å². The Morgan fingerprint density at radius 3 is 0.750 bits per heavy atom. The molecule has 0 atom stereocenters. The van der Waals surface area contributed by atoms with Gasteiger partial charge in [0.25, 0.3) is 0 Å². The Hall–Kier alpha value is 1.04. The fourth-order valence-corrected chi connectivity index (χ4v) is 0. The predicted molar refractivity (Wildman–Crippen MR) is 14.4 cm³/mol. The maximum absolute atomic E-state index is 0. The third kappa shape index (κ3) is 11.7. The summed E-state index contributed by atoms with van der Waals surface area (Å²) in [6.45, 7) is 0. The van der Waals surface area contributed by atoms with Gasteiger partial charge in [0.1, 0.15) is 0 Å². The zero-order valence-corrected chi connectivity index (χ0v) is 2.46. The van der Waals surface area contributed by atoms with E-state index >= 15 is 0 Å². The molecule has 0 rings (SSSR count). The molecule has 0 spiro atoms. The summed E-state index contributed by atoms with van der Waals surface area (Å²) < 4.78 is 0. The Morgan fingerprint density at radius 2 is 0.750 bits per heavy atom. The molecule has 4 heavy (non-hydrogen) atoms. The summed E-state index contributed by atoms with van der Waals surface area (Å²) in [5.74, 6) is 0. The van der Waals surface area contributed by atoms with Crippen LogP contribution in [-0.4, -0.2) is 29.8 Å². The van der Waals surface area contributed by atoms with E-state index in [-0.39, 0.29) is 46.9 Å². The van der Waals surface area contributed by atoms with Crippen molar-refractivity contribution in [1.82, 2.24) is 0 Å². The summed E-state index contributed by atoms with van der Waals surface area (Å²) in [6, 6.07) is 0. The topological polar surface area (TPSA) is 63.0 Å². The first-order valence-corrected chi connectivity index (χ1v) is 0. The average molecular weight is 99.8 g/mol. The van der Waals surface area contributed by atoms with Crippen molar-refractivity contribution in [2.24, 2.45) is 0 Å². The van der Waals surface area contributed by atoms with Gasteiger partial charge in [-0.3, -0.25) is 0 Å². The van der Waals surface area contributed by atoms with E-state index in [2.05, 4.69) is 0 Å². The van der Waals surface area contributed by atoms with E-state index in [9.17, 15) is 0 Å². The van der Waals surface area contributed by atoms with E-state index in [0.717, 1.165) is 0 Å². The monoisotopic (exact) mass is 100.0 g/mol. The van der Waals surface area contributed by atoms with Gasteiger partial charge in [0.15, 0.2) is 0 Å². The molecular formula is H5FeLiO2. The molecule has 0 aromatic heterocycles. The fraction of sp³-hybridized carbons (Fsp3) is 0. The molecule has 26 valence electrons. The van der Waals surface area contributed by atoms with E-state index in [4.69, 9.17) is 0 Å². The van der Waals surface area contributed by atoms with Crippen molar-refractivity contribution < 1.29 is 28.0 Å². The molecule has 2 nitrogen and oxygen atoms in total. The van der Waals surface area contributed by atoms with Gasteiger partial charge in [-0.05, 0) is 0 Å².